The maximum absolute atomic E-state index is 13.7. The maximum Gasteiger partial charge on any atom is 0.251 e. The smallest absolute Gasteiger partial charge is 0.251 e. The molecular formula is C15H20FNO2. The molecule has 19 heavy (non-hydrogen) atoms. The number of hydrogen-bond acceptors (Lipinski definition) is 2. The molecule has 0 bridgehead atoms. The van der Waals surface area contributed by atoms with Crippen molar-refractivity contribution in [1.29, 1.82) is 0 Å². The zero-order valence-corrected chi connectivity index (χ0v) is 11.2. The van der Waals surface area contributed by atoms with Gasteiger partial charge in [0.05, 0.1) is 6.61 Å². The number of ether oxygens (including phenoxy) is 1. The first-order valence-electron chi connectivity index (χ1n) is 6.94. The van der Waals surface area contributed by atoms with E-state index < -0.39 is 5.82 Å². The molecule has 3 nitrogen and oxygen atoms in total. The van der Waals surface area contributed by atoms with Crippen LogP contribution in [0.4, 0.5) is 4.39 Å². The molecule has 104 valence electrons. The second-order valence-electron chi connectivity index (χ2n) is 4.89. The minimum atomic E-state index is -0.488. The molecule has 1 saturated carbocycles. The van der Waals surface area contributed by atoms with E-state index in [0.717, 1.165) is 25.7 Å². The molecule has 0 aromatic heterocycles. The summed E-state index contributed by atoms with van der Waals surface area (Å²) in [5.41, 5.74) is 0.353. The molecule has 0 heterocycles. The van der Waals surface area contributed by atoms with Gasteiger partial charge >= 0.3 is 0 Å². The third-order valence-electron chi connectivity index (χ3n) is 3.43. The van der Waals surface area contributed by atoms with Crippen LogP contribution in [0.3, 0.4) is 0 Å². The summed E-state index contributed by atoms with van der Waals surface area (Å²) in [6, 6.07) is 4.58. The van der Waals surface area contributed by atoms with E-state index in [1.165, 1.54) is 18.6 Å². The molecule has 0 atom stereocenters. The van der Waals surface area contributed by atoms with Crippen LogP contribution in [0.15, 0.2) is 18.2 Å². The van der Waals surface area contributed by atoms with Crippen LogP contribution in [0, 0.1) is 5.82 Å². The van der Waals surface area contributed by atoms with Gasteiger partial charge in [0.25, 0.3) is 5.91 Å². The molecule has 0 radical (unpaired) electrons. The van der Waals surface area contributed by atoms with Gasteiger partial charge in [0, 0.05) is 11.6 Å². The highest BCUT2D eigenvalue weighted by Crippen LogP contribution is 2.20. The summed E-state index contributed by atoms with van der Waals surface area (Å²) in [6.07, 6.45) is 5.59. The fourth-order valence-corrected chi connectivity index (χ4v) is 2.43. The monoisotopic (exact) mass is 265 g/mol. The Balaban J connectivity index is 2.00. The van der Waals surface area contributed by atoms with Gasteiger partial charge in [0.1, 0.15) is 0 Å². The van der Waals surface area contributed by atoms with Crippen LogP contribution >= 0.6 is 0 Å². The normalized spacial score (nSPS) is 16.1. The summed E-state index contributed by atoms with van der Waals surface area (Å²) in [4.78, 5) is 12.0. The molecule has 0 aliphatic heterocycles. The van der Waals surface area contributed by atoms with E-state index in [4.69, 9.17) is 4.74 Å². The third kappa shape index (κ3) is 3.69. The summed E-state index contributed by atoms with van der Waals surface area (Å²) >= 11 is 0. The van der Waals surface area contributed by atoms with Crippen molar-refractivity contribution in [3.05, 3.63) is 29.6 Å². The van der Waals surface area contributed by atoms with E-state index in [1.54, 1.807) is 13.0 Å². The number of carbonyl (C=O) groups is 1. The van der Waals surface area contributed by atoms with Gasteiger partial charge in [-0.2, -0.15) is 0 Å². The van der Waals surface area contributed by atoms with Gasteiger partial charge in [-0.05, 0) is 38.0 Å². The van der Waals surface area contributed by atoms with Gasteiger partial charge in [-0.3, -0.25) is 4.79 Å². The van der Waals surface area contributed by atoms with E-state index in [9.17, 15) is 9.18 Å². The third-order valence-corrected chi connectivity index (χ3v) is 3.43. The Kier molecular flexibility index (Phi) is 4.77. The van der Waals surface area contributed by atoms with E-state index in [1.807, 2.05) is 0 Å². The van der Waals surface area contributed by atoms with Crippen molar-refractivity contribution in [2.75, 3.05) is 6.61 Å². The molecule has 1 aromatic rings. The molecule has 0 spiro atoms. The highest BCUT2D eigenvalue weighted by Gasteiger charge is 2.17. The summed E-state index contributed by atoms with van der Waals surface area (Å²) in [5.74, 6) is -0.497. The summed E-state index contributed by atoms with van der Waals surface area (Å²) in [7, 11) is 0. The second-order valence-corrected chi connectivity index (χ2v) is 4.89. The van der Waals surface area contributed by atoms with E-state index in [0.29, 0.717) is 12.2 Å². The Morgan fingerprint density at radius 2 is 2.11 bits per heavy atom. The molecule has 1 aliphatic carbocycles. The first-order valence-corrected chi connectivity index (χ1v) is 6.94. The maximum atomic E-state index is 13.7. The largest absolute Gasteiger partial charge is 0.491 e. The first kappa shape index (κ1) is 13.8. The SMILES string of the molecule is CCOc1ccc(C(=O)NC2CCCCC2)cc1F. The van der Waals surface area contributed by atoms with Crippen molar-refractivity contribution < 1.29 is 13.9 Å². The Hall–Kier alpha value is -1.58. The van der Waals surface area contributed by atoms with Crippen LogP contribution in [-0.4, -0.2) is 18.6 Å². The lowest BCUT2D eigenvalue weighted by molar-refractivity contribution is 0.0927. The minimum Gasteiger partial charge on any atom is -0.491 e. The molecule has 1 aromatic carbocycles. The van der Waals surface area contributed by atoms with Gasteiger partial charge in [-0.1, -0.05) is 19.3 Å². The van der Waals surface area contributed by atoms with Crippen molar-refractivity contribution >= 4 is 5.91 Å². The predicted molar refractivity (Wildman–Crippen MR) is 71.9 cm³/mol. The lowest BCUT2D eigenvalue weighted by Gasteiger charge is -2.22. The lowest BCUT2D eigenvalue weighted by atomic mass is 9.95. The average molecular weight is 265 g/mol. The highest BCUT2D eigenvalue weighted by molar-refractivity contribution is 5.94. The molecule has 1 fully saturated rings. The van der Waals surface area contributed by atoms with Gasteiger partial charge < -0.3 is 10.1 Å². The van der Waals surface area contributed by atoms with Crippen LogP contribution in [0.1, 0.15) is 49.4 Å². The van der Waals surface area contributed by atoms with Gasteiger partial charge in [0.15, 0.2) is 11.6 Å². The fourth-order valence-electron chi connectivity index (χ4n) is 2.43. The number of nitrogens with one attached hydrogen (secondary N) is 1. The minimum absolute atomic E-state index is 0.191. The molecule has 2 rings (SSSR count). The van der Waals surface area contributed by atoms with E-state index in [2.05, 4.69) is 5.32 Å². The van der Waals surface area contributed by atoms with Gasteiger partial charge in [0.2, 0.25) is 0 Å². The standard InChI is InChI=1S/C15H20FNO2/c1-2-19-14-9-8-11(10-13(14)16)15(18)17-12-6-4-3-5-7-12/h8-10,12H,2-7H2,1H3,(H,17,18). The molecule has 1 N–H and O–H groups in total. The van der Waals surface area contributed by atoms with Crippen LogP contribution < -0.4 is 10.1 Å². The van der Waals surface area contributed by atoms with E-state index >= 15 is 0 Å². The first-order chi connectivity index (χ1) is 9.20. The predicted octanol–water partition coefficient (Wildman–Crippen LogP) is 3.29. The molecule has 4 heteroatoms. The Morgan fingerprint density at radius 1 is 1.37 bits per heavy atom. The molecule has 1 aliphatic rings. The average Bonchev–Trinajstić information content (AvgIpc) is 2.42. The van der Waals surface area contributed by atoms with Gasteiger partial charge in [-0.25, -0.2) is 4.39 Å². The molecule has 0 saturated heterocycles. The van der Waals surface area contributed by atoms with Crippen LogP contribution in [0.2, 0.25) is 0 Å². The van der Waals surface area contributed by atoms with Crippen molar-refractivity contribution in [2.24, 2.45) is 0 Å². The van der Waals surface area contributed by atoms with Crippen molar-refractivity contribution in [3.63, 3.8) is 0 Å². The van der Waals surface area contributed by atoms with Crippen LogP contribution in [0.5, 0.6) is 5.75 Å². The summed E-state index contributed by atoms with van der Waals surface area (Å²) in [6.45, 7) is 2.20. The van der Waals surface area contributed by atoms with Crippen LogP contribution in [-0.2, 0) is 0 Å². The van der Waals surface area contributed by atoms with Crippen molar-refractivity contribution in [3.8, 4) is 5.75 Å². The topological polar surface area (TPSA) is 38.3 Å². The molecule has 0 unspecified atom stereocenters. The Morgan fingerprint density at radius 3 is 2.74 bits per heavy atom. The van der Waals surface area contributed by atoms with Crippen molar-refractivity contribution in [1.82, 2.24) is 5.32 Å². The lowest BCUT2D eigenvalue weighted by Crippen LogP contribution is -2.36. The summed E-state index contributed by atoms with van der Waals surface area (Å²) in [5, 5.41) is 2.97. The number of halogens is 1. The van der Waals surface area contributed by atoms with Crippen LogP contribution in [0.25, 0.3) is 0 Å². The summed E-state index contributed by atoms with van der Waals surface area (Å²) < 4.78 is 18.8. The van der Waals surface area contributed by atoms with E-state index in [-0.39, 0.29) is 17.7 Å². The zero-order valence-electron chi connectivity index (χ0n) is 11.2. The van der Waals surface area contributed by atoms with Gasteiger partial charge in [-0.15, -0.1) is 0 Å². The number of amides is 1. The zero-order chi connectivity index (χ0) is 13.7. The number of benzene rings is 1. The number of hydrogen-bond donors (Lipinski definition) is 1. The highest BCUT2D eigenvalue weighted by atomic mass is 19.1. The number of rotatable bonds is 4. The quantitative estimate of drug-likeness (QED) is 0.907. The van der Waals surface area contributed by atoms with Crippen molar-refractivity contribution in [2.45, 2.75) is 45.1 Å². The second kappa shape index (κ2) is 6.55. The Bertz CT molecular complexity index is 442. The fraction of sp³-hybridized carbons (Fsp3) is 0.533. The Labute approximate surface area is 113 Å². The number of carbonyl (C=O) groups excluding carboxylic acids is 1. The molecule has 1 amide bonds. The molecular weight excluding hydrogens is 245 g/mol.